The zero-order valence-electron chi connectivity index (χ0n) is 13.8. The predicted molar refractivity (Wildman–Crippen MR) is 92.8 cm³/mol. The Hall–Kier alpha value is -1.89. The van der Waals surface area contributed by atoms with Crippen LogP contribution in [0.3, 0.4) is 0 Å². The number of aryl methyl sites for hydroxylation is 1. The van der Waals surface area contributed by atoms with Crippen LogP contribution in [0.25, 0.3) is 0 Å². The van der Waals surface area contributed by atoms with Crippen LogP contribution in [-0.4, -0.2) is 59.4 Å². The molecule has 0 radical (unpaired) electrons. The fraction of sp³-hybridized carbons (Fsp3) is 0.471. The smallest absolute Gasteiger partial charge is 0.308 e. The number of carbonyl (C=O) groups is 3. The van der Waals surface area contributed by atoms with Gasteiger partial charge in [0.05, 0.1) is 12.5 Å². The molecule has 0 spiro atoms. The minimum Gasteiger partial charge on any atom is -0.481 e. The van der Waals surface area contributed by atoms with E-state index < -0.39 is 11.9 Å². The van der Waals surface area contributed by atoms with Gasteiger partial charge in [0.25, 0.3) is 5.91 Å². The summed E-state index contributed by atoms with van der Waals surface area (Å²) in [5, 5.41) is 9.10. The molecule has 1 fully saturated rings. The van der Waals surface area contributed by atoms with Crippen LogP contribution < -0.4 is 0 Å². The number of halogens is 1. The number of aliphatic carboxylic acids is 1. The van der Waals surface area contributed by atoms with E-state index in [0.29, 0.717) is 24.9 Å². The Bertz CT molecular complexity index is 662. The van der Waals surface area contributed by atoms with Crippen molar-refractivity contribution in [3.8, 4) is 0 Å². The van der Waals surface area contributed by atoms with E-state index in [1.54, 1.807) is 30.1 Å². The molecule has 0 aliphatic carbocycles. The van der Waals surface area contributed by atoms with Gasteiger partial charge in [-0.15, -0.1) is 0 Å². The predicted octanol–water partition coefficient (Wildman–Crippen LogP) is 2.15. The summed E-state index contributed by atoms with van der Waals surface area (Å²) < 4.78 is 0.922. The molecule has 1 unspecified atom stereocenters. The molecule has 0 saturated carbocycles. The van der Waals surface area contributed by atoms with Gasteiger partial charge in [0.15, 0.2) is 0 Å². The molecular weight excluding hydrogens is 376 g/mol. The summed E-state index contributed by atoms with van der Waals surface area (Å²) in [4.78, 5) is 38.8. The maximum Gasteiger partial charge on any atom is 0.308 e. The molecule has 1 N–H and O–H groups in total. The van der Waals surface area contributed by atoms with Crippen LogP contribution in [0.5, 0.6) is 0 Å². The quantitative estimate of drug-likeness (QED) is 0.845. The summed E-state index contributed by atoms with van der Waals surface area (Å²) in [5.41, 5.74) is 1.47. The molecule has 1 saturated heterocycles. The second-order valence-corrected chi connectivity index (χ2v) is 7.00. The van der Waals surface area contributed by atoms with Crippen molar-refractivity contribution in [2.24, 2.45) is 5.92 Å². The highest BCUT2D eigenvalue weighted by Gasteiger charge is 2.29. The number of hydrogen-bond acceptors (Lipinski definition) is 3. The third-order valence-electron chi connectivity index (χ3n) is 4.25. The summed E-state index contributed by atoms with van der Waals surface area (Å²) in [5.74, 6) is -1.84. The lowest BCUT2D eigenvalue weighted by molar-refractivity contribution is -0.145. The van der Waals surface area contributed by atoms with Gasteiger partial charge >= 0.3 is 5.97 Å². The van der Waals surface area contributed by atoms with Crippen LogP contribution in [0.4, 0.5) is 0 Å². The fourth-order valence-corrected chi connectivity index (χ4v) is 3.02. The minimum atomic E-state index is -0.873. The largest absolute Gasteiger partial charge is 0.481 e. The van der Waals surface area contributed by atoms with Crippen molar-refractivity contribution < 1.29 is 19.5 Å². The Kier molecular flexibility index (Phi) is 5.99. The second kappa shape index (κ2) is 7.79. The summed E-state index contributed by atoms with van der Waals surface area (Å²) >= 11 is 3.39. The van der Waals surface area contributed by atoms with E-state index in [9.17, 15) is 14.4 Å². The zero-order chi connectivity index (χ0) is 17.9. The molecule has 1 aliphatic rings. The Balaban J connectivity index is 1.98. The molecule has 1 aromatic carbocycles. The summed E-state index contributed by atoms with van der Waals surface area (Å²) in [6.45, 7) is 2.60. The number of carboxylic acids is 1. The van der Waals surface area contributed by atoms with Crippen molar-refractivity contribution in [3.63, 3.8) is 0 Å². The lowest BCUT2D eigenvalue weighted by Gasteiger charge is -2.32. The number of carboxylic acid groups (broad SMARTS) is 1. The lowest BCUT2D eigenvalue weighted by atomic mass is 9.98. The van der Waals surface area contributed by atoms with Gasteiger partial charge in [0, 0.05) is 30.2 Å². The number of hydrogen-bond donors (Lipinski definition) is 1. The van der Waals surface area contributed by atoms with E-state index in [4.69, 9.17) is 5.11 Å². The molecule has 24 heavy (non-hydrogen) atoms. The second-order valence-electron chi connectivity index (χ2n) is 6.14. The van der Waals surface area contributed by atoms with Gasteiger partial charge in [0.2, 0.25) is 5.91 Å². The molecule has 6 nitrogen and oxygen atoms in total. The highest BCUT2D eigenvalue weighted by atomic mass is 79.9. The molecule has 2 rings (SSSR count). The lowest BCUT2D eigenvalue weighted by Crippen LogP contribution is -2.46. The van der Waals surface area contributed by atoms with Crippen molar-refractivity contribution in [1.82, 2.24) is 9.80 Å². The highest BCUT2D eigenvalue weighted by Crippen LogP contribution is 2.19. The molecule has 1 atom stereocenters. The van der Waals surface area contributed by atoms with Gasteiger partial charge in [0.1, 0.15) is 0 Å². The van der Waals surface area contributed by atoms with Crippen molar-refractivity contribution in [3.05, 3.63) is 33.8 Å². The van der Waals surface area contributed by atoms with E-state index >= 15 is 0 Å². The van der Waals surface area contributed by atoms with E-state index in [1.165, 1.54) is 4.90 Å². The highest BCUT2D eigenvalue weighted by molar-refractivity contribution is 9.10. The number of amides is 2. The average molecular weight is 397 g/mol. The Labute approximate surface area is 149 Å². The maximum absolute atomic E-state index is 12.4. The Morgan fingerprint density at radius 3 is 2.71 bits per heavy atom. The van der Waals surface area contributed by atoms with E-state index in [2.05, 4.69) is 15.9 Å². The number of likely N-dealkylation sites (N-methyl/N-ethyl adjacent to an activating group) is 1. The van der Waals surface area contributed by atoms with Crippen LogP contribution in [0.1, 0.15) is 28.8 Å². The van der Waals surface area contributed by atoms with Crippen LogP contribution in [0.2, 0.25) is 0 Å². The van der Waals surface area contributed by atoms with Crippen molar-refractivity contribution in [2.45, 2.75) is 19.8 Å². The first-order chi connectivity index (χ1) is 11.3. The van der Waals surface area contributed by atoms with Gasteiger partial charge in [-0.1, -0.05) is 15.9 Å². The van der Waals surface area contributed by atoms with Gasteiger partial charge in [-0.2, -0.15) is 0 Å². The Morgan fingerprint density at radius 1 is 1.38 bits per heavy atom. The number of benzene rings is 1. The normalized spacial score (nSPS) is 17.5. The number of carbonyl (C=O) groups excluding carboxylic acids is 2. The molecule has 0 aromatic heterocycles. The maximum atomic E-state index is 12.4. The SMILES string of the molecule is Cc1cc(C(=O)N(C)CC(=O)N2CCCC(C(=O)O)C2)ccc1Br. The van der Waals surface area contributed by atoms with Gasteiger partial charge < -0.3 is 14.9 Å². The third kappa shape index (κ3) is 4.35. The minimum absolute atomic E-state index is 0.0553. The number of likely N-dealkylation sites (tertiary alicyclic amines) is 1. The van der Waals surface area contributed by atoms with Gasteiger partial charge in [-0.3, -0.25) is 14.4 Å². The summed E-state index contributed by atoms with van der Waals surface area (Å²) in [6, 6.07) is 5.29. The average Bonchev–Trinajstić information content (AvgIpc) is 2.56. The van der Waals surface area contributed by atoms with Crippen LogP contribution >= 0.6 is 15.9 Å². The first kappa shape index (κ1) is 18.4. The topological polar surface area (TPSA) is 77.9 Å². The standard InChI is InChI=1S/C17H21BrN2O4/c1-11-8-12(5-6-14(11)18)16(22)19(2)10-15(21)20-7-3-4-13(9-20)17(23)24/h5-6,8,13H,3-4,7,9-10H2,1-2H3,(H,23,24). The van der Waals surface area contributed by atoms with Crippen LogP contribution in [0.15, 0.2) is 22.7 Å². The number of nitrogens with zero attached hydrogens (tertiary/aromatic N) is 2. The molecular formula is C17H21BrN2O4. The molecule has 0 bridgehead atoms. The van der Waals surface area contributed by atoms with Crippen molar-refractivity contribution in [2.75, 3.05) is 26.7 Å². The van der Waals surface area contributed by atoms with Crippen LogP contribution in [-0.2, 0) is 9.59 Å². The molecule has 7 heteroatoms. The number of rotatable bonds is 4. The molecule has 2 amide bonds. The summed E-state index contributed by atoms with van der Waals surface area (Å²) in [6.07, 6.45) is 1.26. The first-order valence-corrected chi connectivity index (χ1v) is 8.61. The monoisotopic (exact) mass is 396 g/mol. The molecule has 1 aliphatic heterocycles. The van der Waals surface area contributed by atoms with E-state index in [0.717, 1.165) is 10.0 Å². The zero-order valence-corrected chi connectivity index (χ0v) is 15.4. The van der Waals surface area contributed by atoms with E-state index in [-0.39, 0.29) is 24.9 Å². The first-order valence-electron chi connectivity index (χ1n) is 7.81. The van der Waals surface area contributed by atoms with Gasteiger partial charge in [-0.05, 0) is 43.5 Å². The van der Waals surface area contributed by atoms with Gasteiger partial charge in [-0.25, -0.2) is 0 Å². The Morgan fingerprint density at radius 2 is 2.08 bits per heavy atom. The van der Waals surface area contributed by atoms with Crippen LogP contribution in [0, 0.1) is 12.8 Å². The van der Waals surface area contributed by atoms with Crippen molar-refractivity contribution in [1.29, 1.82) is 0 Å². The number of piperidine rings is 1. The third-order valence-corrected chi connectivity index (χ3v) is 5.14. The van der Waals surface area contributed by atoms with Crippen molar-refractivity contribution >= 4 is 33.7 Å². The van der Waals surface area contributed by atoms with E-state index in [1.807, 2.05) is 6.92 Å². The molecule has 1 heterocycles. The molecule has 1 aromatic rings. The summed E-state index contributed by atoms with van der Waals surface area (Å²) in [7, 11) is 1.58. The fourth-order valence-electron chi connectivity index (χ4n) is 2.78. The molecule has 130 valence electrons.